The van der Waals surface area contributed by atoms with E-state index < -0.39 is 0 Å². The highest BCUT2D eigenvalue weighted by Crippen LogP contribution is 2.02. The molecule has 1 radical (unpaired) electrons. The van der Waals surface area contributed by atoms with E-state index >= 15 is 0 Å². The number of pyridine rings is 1. The molecule has 0 fully saturated rings. The summed E-state index contributed by atoms with van der Waals surface area (Å²) in [7, 11) is 3.50. The van der Waals surface area contributed by atoms with Crippen molar-refractivity contribution in [2.24, 2.45) is 0 Å². The zero-order valence-electron chi connectivity index (χ0n) is 5.39. The Morgan fingerprint density at radius 3 is 2.78 bits per heavy atom. The number of anilines is 1. The molecule has 0 aliphatic heterocycles. The van der Waals surface area contributed by atoms with Gasteiger partial charge in [-0.25, -0.2) is 0 Å². The van der Waals surface area contributed by atoms with Crippen molar-refractivity contribution >= 4 is 5.69 Å². The summed E-state index contributed by atoms with van der Waals surface area (Å²) in [5, 5.41) is 2.74. The number of aromatic nitrogens is 1. The number of rotatable bonds is 1. The van der Waals surface area contributed by atoms with Gasteiger partial charge in [0.15, 0.2) is 0 Å². The molecule has 0 unspecified atom stereocenters. The van der Waals surface area contributed by atoms with Crippen molar-refractivity contribution in [1.29, 1.82) is 0 Å². The van der Waals surface area contributed by atoms with Gasteiger partial charge in [0, 0.05) is 12.7 Å². The van der Waals surface area contributed by atoms with Crippen LogP contribution in [0.2, 0.25) is 0 Å². The summed E-state index contributed by atoms with van der Waals surface area (Å²) < 4.78 is 0. The van der Waals surface area contributed by atoms with Gasteiger partial charge in [-0.05, 0) is 19.1 Å². The van der Waals surface area contributed by atoms with Crippen LogP contribution in [0.15, 0.2) is 18.3 Å². The minimum Gasteiger partial charge on any atom is -0.382 e. The summed E-state index contributed by atoms with van der Waals surface area (Å²) in [5.74, 6) is 0. The van der Waals surface area contributed by atoms with E-state index in [0.717, 1.165) is 11.4 Å². The number of nitrogens with zero attached hydrogens (tertiary/aromatic N) is 1. The van der Waals surface area contributed by atoms with Gasteiger partial charge in [0.25, 0.3) is 0 Å². The predicted molar refractivity (Wildman–Crippen MR) is 38.0 cm³/mol. The van der Waals surface area contributed by atoms with Crippen molar-refractivity contribution in [3.8, 4) is 0 Å². The molecule has 1 rings (SSSR count). The Morgan fingerprint density at radius 2 is 2.33 bits per heavy atom. The third-order valence-electron chi connectivity index (χ3n) is 1.12. The van der Waals surface area contributed by atoms with Crippen LogP contribution >= 0.6 is 0 Å². The zero-order chi connectivity index (χ0) is 6.69. The molecule has 2 heteroatoms. The van der Waals surface area contributed by atoms with E-state index in [0.29, 0.717) is 0 Å². The number of aryl methyl sites for hydroxylation is 1. The fraction of sp³-hybridized carbons (Fsp3) is 0.143. The van der Waals surface area contributed by atoms with Crippen LogP contribution in [0.5, 0.6) is 0 Å². The van der Waals surface area contributed by atoms with Gasteiger partial charge in [0.2, 0.25) is 0 Å². The topological polar surface area (TPSA) is 24.9 Å². The smallest absolute Gasteiger partial charge is 0.0527 e. The molecule has 0 saturated carbocycles. The summed E-state index contributed by atoms with van der Waals surface area (Å²) in [4.78, 5) is 4.05. The third-order valence-corrected chi connectivity index (χ3v) is 1.12. The van der Waals surface area contributed by atoms with Gasteiger partial charge < -0.3 is 5.32 Å². The van der Waals surface area contributed by atoms with Crippen molar-refractivity contribution in [3.63, 3.8) is 0 Å². The first-order valence-electron chi connectivity index (χ1n) is 2.78. The van der Waals surface area contributed by atoms with E-state index in [2.05, 4.69) is 17.3 Å². The largest absolute Gasteiger partial charge is 0.382 e. The van der Waals surface area contributed by atoms with Crippen LogP contribution in [0, 0.1) is 14.0 Å². The lowest BCUT2D eigenvalue weighted by Gasteiger charge is -1.96. The molecule has 47 valence electrons. The maximum atomic E-state index is 4.05. The molecule has 1 aromatic rings. The Labute approximate surface area is 54.9 Å². The standard InChI is InChI=1S/C7H9N2/c1-6-3-4-7(8-2)5-9-6/h3-5,8H,2H2,1H3. The van der Waals surface area contributed by atoms with Crippen molar-refractivity contribution in [2.45, 2.75) is 6.92 Å². The average molecular weight is 121 g/mol. The van der Waals surface area contributed by atoms with Crippen LogP contribution in [0.25, 0.3) is 0 Å². The second kappa shape index (κ2) is 2.49. The lowest BCUT2D eigenvalue weighted by atomic mass is 10.3. The van der Waals surface area contributed by atoms with E-state index in [-0.39, 0.29) is 0 Å². The Kier molecular flexibility index (Phi) is 1.68. The van der Waals surface area contributed by atoms with Gasteiger partial charge in [-0.15, -0.1) is 0 Å². The Hall–Kier alpha value is -1.05. The molecular formula is C7H9N2. The molecule has 0 amide bonds. The van der Waals surface area contributed by atoms with Gasteiger partial charge in [-0.2, -0.15) is 0 Å². The number of hydrogen-bond donors (Lipinski definition) is 1. The summed E-state index contributed by atoms with van der Waals surface area (Å²) in [6.45, 7) is 1.95. The van der Waals surface area contributed by atoms with Crippen molar-refractivity contribution in [1.82, 2.24) is 4.98 Å². The van der Waals surface area contributed by atoms with Crippen molar-refractivity contribution in [2.75, 3.05) is 5.32 Å². The van der Waals surface area contributed by atoms with Gasteiger partial charge in [0.1, 0.15) is 0 Å². The van der Waals surface area contributed by atoms with E-state index in [1.165, 1.54) is 0 Å². The molecule has 0 aromatic carbocycles. The van der Waals surface area contributed by atoms with Crippen LogP contribution in [-0.4, -0.2) is 4.98 Å². The highest BCUT2D eigenvalue weighted by atomic mass is 14.8. The second-order valence-electron chi connectivity index (χ2n) is 1.87. The normalized spacial score (nSPS) is 9.11. The number of nitrogens with one attached hydrogen (secondary N) is 1. The summed E-state index contributed by atoms with van der Waals surface area (Å²) in [6, 6.07) is 3.88. The maximum Gasteiger partial charge on any atom is 0.0527 e. The molecule has 0 spiro atoms. The van der Waals surface area contributed by atoms with Crippen LogP contribution in [0.4, 0.5) is 5.69 Å². The van der Waals surface area contributed by atoms with Gasteiger partial charge >= 0.3 is 0 Å². The summed E-state index contributed by atoms with van der Waals surface area (Å²) in [6.07, 6.45) is 1.75. The van der Waals surface area contributed by atoms with Crippen molar-refractivity contribution < 1.29 is 0 Å². The fourth-order valence-corrected chi connectivity index (χ4v) is 0.572. The average Bonchev–Trinajstić information content (AvgIpc) is 1.90. The first kappa shape index (κ1) is 6.08. The van der Waals surface area contributed by atoms with Gasteiger partial charge in [-0.1, -0.05) is 0 Å². The SMILES string of the molecule is [CH2]Nc1ccc(C)nc1. The second-order valence-corrected chi connectivity index (χ2v) is 1.87. The molecule has 1 aromatic heterocycles. The highest BCUT2D eigenvalue weighted by Gasteiger charge is 1.85. The van der Waals surface area contributed by atoms with E-state index in [4.69, 9.17) is 0 Å². The lowest BCUT2D eigenvalue weighted by Crippen LogP contribution is -1.86. The van der Waals surface area contributed by atoms with Gasteiger partial charge in [-0.3, -0.25) is 4.98 Å². The van der Waals surface area contributed by atoms with Crippen molar-refractivity contribution in [3.05, 3.63) is 31.1 Å². The zero-order valence-corrected chi connectivity index (χ0v) is 5.39. The van der Waals surface area contributed by atoms with Crippen LogP contribution in [0.1, 0.15) is 5.69 Å². The molecule has 2 nitrogen and oxygen atoms in total. The molecule has 0 bridgehead atoms. The monoisotopic (exact) mass is 121 g/mol. The molecule has 0 saturated heterocycles. The third kappa shape index (κ3) is 1.42. The molecule has 0 aliphatic rings. The van der Waals surface area contributed by atoms with E-state index in [9.17, 15) is 0 Å². The predicted octanol–water partition coefficient (Wildman–Crippen LogP) is 1.59. The molecule has 0 atom stereocenters. The molecular weight excluding hydrogens is 112 g/mol. The van der Waals surface area contributed by atoms with Crippen LogP contribution < -0.4 is 5.32 Å². The van der Waals surface area contributed by atoms with E-state index in [1.807, 2.05) is 19.1 Å². The number of hydrogen-bond acceptors (Lipinski definition) is 2. The lowest BCUT2D eigenvalue weighted by molar-refractivity contribution is 1.20. The Morgan fingerprint density at radius 1 is 1.56 bits per heavy atom. The minimum atomic E-state index is 0.945. The first-order valence-corrected chi connectivity index (χ1v) is 2.78. The van der Waals surface area contributed by atoms with E-state index in [1.54, 1.807) is 6.20 Å². The maximum absolute atomic E-state index is 4.05. The fourth-order valence-electron chi connectivity index (χ4n) is 0.572. The molecule has 1 heterocycles. The highest BCUT2D eigenvalue weighted by molar-refractivity contribution is 5.40. The summed E-state index contributed by atoms with van der Waals surface area (Å²) in [5.41, 5.74) is 1.97. The first-order chi connectivity index (χ1) is 4.33. The quantitative estimate of drug-likeness (QED) is 0.610. The van der Waals surface area contributed by atoms with Gasteiger partial charge in [0.05, 0.1) is 11.9 Å². The minimum absolute atomic E-state index is 0.945. The summed E-state index contributed by atoms with van der Waals surface area (Å²) >= 11 is 0. The van der Waals surface area contributed by atoms with Crippen LogP contribution in [0.3, 0.4) is 0 Å². The molecule has 1 N–H and O–H groups in total. The molecule has 0 aliphatic carbocycles. The Bertz CT molecular complexity index is 179. The Balaban J connectivity index is 2.88. The molecule has 9 heavy (non-hydrogen) atoms. The van der Waals surface area contributed by atoms with Crippen LogP contribution in [-0.2, 0) is 0 Å².